The number of nitrogens with one attached hydrogen (secondary N) is 2. The van der Waals surface area contributed by atoms with Crippen LogP contribution in [0, 0.1) is 12.3 Å². The molecule has 6 heteroatoms. The second-order valence-electron chi connectivity index (χ2n) is 5.08. The molecule has 0 aliphatic carbocycles. The zero-order chi connectivity index (χ0) is 15.0. The summed E-state index contributed by atoms with van der Waals surface area (Å²) >= 11 is 1.55. The van der Waals surface area contributed by atoms with E-state index in [0.29, 0.717) is 19.5 Å². The highest BCUT2D eigenvalue weighted by Gasteiger charge is 2.26. The minimum Gasteiger partial charge on any atom is -0.396 e. The Hall–Kier alpha value is -1.14. The van der Waals surface area contributed by atoms with Crippen molar-refractivity contribution in [1.29, 1.82) is 0 Å². The zero-order valence-corrected chi connectivity index (χ0v) is 13.3. The average Bonchev–Trinajstić information content (AvgIpc) is 2.87. The summed E-state index contributed by atoms with van der Waals surface area (Å²) in [5.74, 6) is 0. The minimum absolute atomic E-state index is 0.00745. The summed E-state index contributed by atoms with van der Waals surface area (Å²) < 4.78 is 0. The molecule has 0 atom stereocenters. The molecule has 0 unspecified atom stereocenters. The molecule has 1 heterocycles. The van der Waals surface area contributed by atoms with Gasteiger partial charge in [-0.05, 0) is 31.6 Å². The molecule has 0 spiro atoms. The van der Waals surface area contributed by atoms with Crippen LogP contribution in [0.3, 0.4) is 0 Å². The van der Waals surface area contributed by atoms with Crippen molar-refractivity contribution in [2.24, 2.45) is 5.41 Å². The van der Waals surface area contributed by atoms with E-state index in [0.717, 1.165) is 23.4 Å². The van der Waals surface area contributed by atoms with Gasteiger partial charge >= 0.3 is 6.03 Å². The van der Waals surface area contributed by atoms with Crippen molar-refractivity contribution in [2.45, 2.75) is 46.6 Å². The number of carbonyl (C=O) groups is 1. The van der Waals surface area contributed by atoms with Gasteiger partial charge in [0.1, 0.15) is 0 Å². The molecule has 0 saturated heterocycles. The van der Waals surface area contributed by atoms with Crippen molar-refractivity contribution in [3.05, 3.63) is 16.1 Å². The minimum atomic E-state index is -0.165. The lowest BCUT2D eigenvalue weighted by molar-refractivity contribution is 0.163. The summed E-state index contributed by atoms with van der Waals surface area (Å²) in [5, 5.41) is 14.9. The predicted octanol–water partition coefficient (Wildman–Crippen LogP) is 2.44. The van der Waals surface area contributed by atoms with E-state index in [1.165, 1.54) is 0 Å². The molecule has 3 N–H and O–H groups in total. The second-order valence-corrected chi connectivity index (χ2v) is 6.02. The molecule has 114 valence electrons. The number of aryl methyl sites for hydroxylation is 1. The fourth-order valence-corrected chi connectivity index (χ4v) is 2.88. The molecule has 1 aromatic rings. The molecule has 0 aliphatic rings. The van der Waals surface area contributed by atoms with Gasteiger partial charge in [-0.15, -0.1) is 11.3 Å². The maximum atomic E-state index is 11.8. The van der Waals surface area contributed by atoms with Gasteiger partial charge in [0.25, 0.3) is 0 Å². The molecule has 0 saturated carbocycles. The number of urea groups is 1. The number of rotatable bonds is 8. The Morgan fingerprint density at radius 3 is 2.60 bits per heavy atom. The zero-order valence-electron chi connectivity index (χ0n) is 12.5. The van der Waals surface area contributed by atoms with Gasteiger partial charge in [0.2, 0.25) is 0 Å². The standard InChI is InChI=1S/C14H25N3O2S/c1-4-14(5-2,6-7-18)9-16-13(19)15-8-12-11(3)17-10-20-12/h10,18H,4-9H2,1-3H3,(H2,15,16,19). The number of hydrogen-bond acceptors (Lipinski definition) is 4. The molecule has 1 rings (SSSR count). The summed E-state index contributed by atoms with van der Waals surface area (Å²) in [5.41, 5.74) is 2.74. The summed E-state index contributed by atoms with van der Waals surface area (Å²) in [6.45, 7) is 7.39. The summed E-state index contributed by atoms with van der Waals surface area (Å²) in [6.07, 6.45) is 2.60. The first-order chi connectivity index (χ1) is 9.56. The first-order valence-electron chi connectivity index (χ1n) is 7.08. The number of aliphatic hydroxyl groups excluding tert-OH is 1. The van der Waals surface area contributed by atoms with Gasteiger partial charge in [-0.25, -0.2) is 9.78 Å². The van der Waals surface area contributed by atoms with Gasteiger partial charge in [0, 0.05) is 18.0 Å². The van der Waals surface area contributed by atoms with E-state index in [1.54, 1.807) is 16.8 Å². The summed E-state index contributed by atoms with van der Waals surface area (Å²) in [7, 11) is 0. The maximum Gasteiger partial charge on any atom is 0.315 e. The van der Waals surface area contributed by atoms with Crippen molar-refractivity contribution >= 4 is 17.4 Å². The van der Waals surface area contributed by atoms with E-state index in [4.69, 9.17) is 5.11 Å². The van der Waals surface area contributed by atoms with Gasteiger partial charge in [-0.3, -0.25) is 0 Å². The van der Waals surface area contributed by atoms with Gasteiger partial charge in [-0.2, -0.15) is 0 Å². The SMILES string of the molecule is CCC(CC)(CCO)CNC(=O)NCc1scnc1C. The summed E-state index contributed by atoms with van der Waals surface area (Å²) in [6, 6.07) is -0.165. The van der Waals surface area contributed by atoms with Crippen molar-refractivity contribution in [3.63, 3.8) is 0 Å². The molecule has 20 heavy (non-hydrogen) atoms. The number of nitrogens with zero attached hydrogens (tertiary/aromatic N) is 1. The summed E-state index contributed by atoms with van der Waals surface area (Å²) in [4.78, 5) is 17.1. The Labute approximate surface area is 124 Å². The highest BCUT2D eigenvalue weighted by molar-refractivity contribution is 7.09. The third-order valence-corrected chi connectivity index (χ3v) is 4.96. The van der Waals surface area contributed by atoms with Crippen LogP contribution in [-0.2, 0) is 6.54 Å². The van der Waals surface area contributed by atoms with Crippen LogP contribution in [0.2, 0.25) is 0 Å². The van der Waals surface area contributed by atoms with E-state index < -0.39 is 0 Å². The van der Waals surface area contributed by atoms with E-state index in [9.17, 15) is 4.79 Å². The van der Waals surface area contributed by atoms with Crippen LogP contribution in [0.25, 0.3) is 0 Å². The van der Waals surface area contributed by atoms with Gasteiger partial charge in [0.15, 0.2) is 0 Å². The molecule has 5 nitrogen and oxygen atoms in total. The molecule has 0 aliphatic heterocycles. The number of carbonyl (C=O) groups excluding carboxylic acids is 1. The highest BCUT2D eigenvalue weighted by Crippen LogP contribution is 2.29. The Balaban J connectivity index is 2.40. The topological polar surface area (TPSA) is 74.2 Å². The number of thiazole rings is 1. The molecule has 0 bridgehead atoms. The van der Waals surface area contributed by atoms with Crippen LogP contribution in [0.15, 0.2) is 5.51 Å². The highest BCUT2D eigenvalue weighted by atomic mass is 32.1. The largest absolute Gasteiger partial charge is 0.396 e. The van der Waals surface area contributed by atoms with Crippen LogP contribution in [0.5, 0.6) is 0 Å². The average molecular weight is 299 g/mol. The molecule has 0 aromatic carbocycles. The van der Waals surface area contributed by atoms with Crippen LogP contribution < -0.4 is 10.6 Å². The fraction of sp³-hybridized carbons (Fsp3) is 0.714. The van der Waals surface area contributed by atoms with E-state index >= 15 is 0 Å². The molecular formula is C14H25N3O2S. The van der Waals surface area contributed by atoms with Crippen molar-refractivity contribution in [1.82, 2.24) is 15.6 Å². The van der Waals surface area contributed by atoms with Crippen LogP contribution in [0.1, 0.15) is 43.7 Å². The Morgan fingerprint density at radius 2 is 2.10 bits per heavy atom. The van der Waals surface area contributed by atoms with Crippen LogP contribution in [0.4, 0.5) is 4.79 Å². The lowest BCUT2D eigenvalue weighted by Crippen LogP contribution is -2.42. The fourth-order valence-electron chi connectivity index (χ4n) is 2.17. The van der Waals surface area contributed by atoms with Gasteiger partial charge in [-0.1, -0.05) is 13.8 Å². The lowest BCUT2D eigenvalue weighted by atomic mass is 9.79. The Bertz CT molecular complexity index is 416. The monoisotopic (exact) mass is 299 g/mol. The number of aliphatic hydroxyl groups is 1. The van der Waals surface area contributed by atoms with Crippen LogP contribution >= 0.6 is 11.3 Å². The maximum absolute atomic E-state index is 11.8. The quantitative estimate of drug-likeness (QED) is 0.690. The van der Waals surface area contributed by atoms with Crippen molar-refractivity contribution in [3.8, 4) is 0 Å². The van der Waals surface area contributed by atoms with Gasteiger partial charge < -0.3 is 15.7 Å². The van der Waals surface area contributed by atoms with E-state index in [-0.39, 0.29) is 18.1 Å². The smallest absolute Gasteiger partial charge is 0.315 e. The third-order valence-electron chi connectivity index (χ3n) is 4.02. The molecular weight excluding hydrogens is 274 g/mol. The lowest BCUT2D eigenvalue weighted by Gasteiger charge is -2.31. The molecule has 2 amide bonds. The Kier molecular flexibility index (Phi) is 6.95. The first-order valence-corrected chi connectivity index (χ1v) is 7.96. The van der Waals surface area contributed by atoms with E-state index in [1.807, 2.05) is 6.92 Å². The van der Waals surface area contributed by atoms with Gasteiger partial charge in [0.05, 0.1) is 17.7 Å². The second kappa shape index (κ2) is 8.21. The predicted molar refractivity (Wildman–Crippen MR) is 81.8 cm³/mol. The van der Waals surface area contributed by atoms with Crippen LogP contribution in [-0.4, -0.2) is 29.3 Å². The number of hydrogen-bond donors (Lipinski definition) is 3. The molecule has 1 aromatic heterocycles. The Morgan fingerprint density at radius 1 is 1.40 bits per heavy atom. The van der Waals surface area contributed by atoms with Crippen molar-refractivity contribution < 1.29 is 9.90 Å². The third kappa shape index (κ3) is 4.76. The van der Waals surface area contributed by atoms with Crippen molar-refractivity contribution in [2.75, 3.05) is 13.2 Å². The van der Waals surface area contributed by atoms with E-state index in [2.05, 4.69) is 29.5 Å². The first kappa shape index (κ1) is 16.9. The molecule has 0 radical (unpaired) electrons. The molecule has 0 fully saturated rings. The normalized spacial score (nSPS) is 11.4. The number of amides is 2. The number of aromatic nitrogens is 1.